The third-order valence-electron chi connectivity index (χ3n) is 5.53. The second-order valence-corrected chi connectivity index (χ2v) is 7.64. The Labute approximate surface area is 182 Å². The second-order valence-electron chi connectivity index (χ2n) is 7.64. The summed E-state index contributed by atoms with van der Waals surface area (Å²) in [5, 5.41) is 14.5. The van der Waals surface area contributed by atoms with Crippen molar-refractivity contribution >= 4 is 10.9 Å². The van der Waals surface area contributed by atoms with Gasteiger partial charge in [-0.2, -0.15) is 13.2 Å². The van der Waals surface area contributed by atoms with E-state index in [-0.39, 0.29) is 12.1 Å². The number of aliphatic hydroxyl groups excluding tert-OH is 1. The van der Waals surface area contributed by atoms with Gasteiger partial charge in [-0.1, -0.05) is 48.5 Å². The van der Waals surface area contributed by atoms with Crippen LogP contribution in [0.15, 0.2) is 79.0 Å². The maximum Gasteiger partial charge on any atom is 0.417 e. The number of nitrogens with one attached hydrogen (secondary N) is 1. The fraction of sp³-hybridized carbons (Fsp3) is 0.200. The number of likely N-dealkylation sites (N-methyl/N-ethyl adjacent to an activating group) is 1. The van der Waals surface area contributed by atoms with Crippen LogP contribution < -0.4 is 5.32 Å². The van der Waals surface area contributed by atoms with Crippen molar-refractivity contribution in [3.05, 3.63) is 95.9 Å². The van der Waals surface area contributed by atoms with Gasteiger partial charge in [-0.15, -0.1) is 0 Å². The zero-order valence-electron chi connectivity index (χ0n) is 17.3. The Morgan fingerprint density at radius 2 is 1.66 bits per heavy atom. The second kappa shape index (κ2) is 8.76. The molecule has 1 aromatic heterocycles. The van der Waals surface area contributed by atoms with Gasteiger partial charge in [-0.25, -0.2) is 4.39 Å². The number of aliphatic hydroxyl groups is 1. The first-order chi connectivity index (χ1) is 15.3. The first kappa shape index (κ1) is 22.0. The van der Waals surface area contributed by atoms with Crippen LogP contribution in [0.25, 0.3) is 22.0 Å². The summed E-state index contributed by atoms with van der Waals surface area (Å²) in [4.78, 5) is 0. The van der Waals surface area contributed by atoms with E-state index in [1.54, 1.807) is 60.3 Å². The van der Waals surface area contributed by atoms with Gasteiger partial charge in [0.05, 0.1) is 17.7 Å². The molecule has 0 bridgehead atoms. The number of halogens is 4. The third kappa shape index (κ3) is 4.13. The molecule has 166 valence electrons. The summed E-state index contributed by atoms with van der Waals surface area (Å²) in [7, 11) is 1.69. The molecule has 0 aliphatic rings. The maximum atomic E-state index is 14.0. The number of nitrogens with zero attached hydrogens (tertiary/aromatic N) is 1. The Hall–Kier alpha value is -3.16. The van der Waals surface area contributed by atoms with Crippen LogP contribution in [-0.2, 0) is 6.18 Å². The van der Waals surface area contributed by atoms with Gasteiger partial charge in [0.25, 0.3) is 0 Å². The van der Waals surface area contributed by atoms with E-state index in [0.29, 0.717) is 22.0 Å². The summed E-state index contributed by atoms with van der Waals surface area (Å²) in [6.45, 7) is 0.210. The third-order valence-corrected chi connectivity index (χ3v) is 5.53. The number of hydrogen-bond donors (Lipinski definition) is 2. The lowest BCUT2D eigenvalue weighted by atomic mass is 9.99. The smallest absolute Gasteiger partial charge is 0.389 e. The number of alkyl halides is 3. The predicted molar refractivity (Wildman–Crippen MR) is 117 cm³/mol. The Morgan fingerprint density at radius 1 is 0.938 bits per heavy atom. The van der Waals surface area contributed by atoms with Gasteiger partial charge in [-0.3, -0.25) is 0 Å². The fourth-order valence-corrected chi connectivity index (χ4v) is 4.19. The van der Waals surface area contributed by atoms with Gasteiger partial charge >= 0.3 is 6.18 Å². The maximum absolute atomic E-state index is 14.0. The first-order valence-corrected chi connectivity index (χ1v) is 10.2. The van der Waals surface area contributed by atoms with Crippen LogP contribution in [0.3, 0.4) is 0 Å². The molecule has 2 N–H and O–H groups in total. The van der Waals surface area contributed by atoms with Crippen LogP contribution in [0, 0.1) is 5.82 Å². The van der Waals surface area contributed by atoms with Crippen LogP contribution in [0.1, 0.15) is 17.2 Å². The number of hydrogen-bond acceptors (Lipinski definition) is 2. The first-order valence-electron chi connectivity index (χ1n) is 10.2. The Bertz CT molecular complexity index is 1230. The van der Waals surface area contributed by atoms with Gasteiger partial charge in [0, 0.05) is 29.2 Å². The molecule has 3 nitrogen and oxygen atoms in total. The van der Waals surface area contributed by atoms with Gasteiger partial charge in [0.15, 0.2) is 0 Å². The topological polar surface area (TPSA) is 37.2 Å². The zero-order chi connectivity index (χ0) is 22.9. The molecule has 4 rings (SSSR count). The van der Waals surface area contributed by atoms with Crippen LogP contribution >= 0.6 is 0 Å². The van der Waals surface area contributed by atoms with Gasteiger partial charge in [0.1, 0.15) is 5.82 Å². The average molecular weight is 442 g/mol. The SMILES string of the molecule is CNC[C@@H](O)C(c1cccc(F)c1)n1cc(-c2ccccc2C(F)(F)F)c2ccccc21. The van der Waals surface area contributed by atoms with Crippen molar-refractivity contribution in [3.8, 4) is 11.1 Å². The molecule has 0 amide bonds. The van der Waals surface area contributed by atoms with E-state index in [1.807, 2.05) is 0 Å². The minimum absolute atomic E-state index is 0.0519. The summed E-state index contributed by atoms with van der Waals surface area (Å²) < 4.78 is 57.0. The minimum Gasteiger partial charge on any atom is -0.389 e. The van der Waals surface area contributed by atoms with Crippen molar-refractivity contribution in [1.82, 2.24) is 9.88 Å². The number of benzene rings is 3. The molecular formula is C25H22F4N2O. The number of aromatic nitrogens is 1. The normalized spacial score (nSPS) is 13.9. The molecule has 1 unspecified atom stereocenters. The molecule has 1 heterocycles. The lowest BCUT2D eigenvalue weighted by Gasteiger charge is -2.26. The molecule has 2 atom stereocenters. The van der Waals surface area contributed by atoms with Crippen LogP contribution in [0.5, 0.6) is 0 Å². The van der Waals surface area contributed by atoms with Crippen LogP contribution in [-0.4, -0.2) is 29.4 Å². The predicted octanol–water partition coefficient (Wildman–Crippen LogP) is 5.64. The average Bonchev–Trinajstić information content (AvgIpc) is 3.13. The monoisotopic (exact) mass is 442 g/mol. The highest BCUT2D eigenvalue weighted by Crippen LogP contribution is 2.41. The van der Waals surface area contributed by atoms with Crippen molar-refractivity contribution in [3.63, 3.8) is 0 Å². The molecule has 4 aromatic rings. The summed E-state index contributed by atoms with van der Waals surface area (Å²) in [5.74, 6) is -0.455. The molecule has 0 aliphatic heterocycles. The van der Waals surface area contributed by atoms with E-state index in [2.05, 4.69) is 5.32 Å². The van der Waals surface area contributed by atoms with Crippen molar-refractivity contribution in [2.75, 3.05) is 13.6 Å². The van der Waals surface area contributed by atoms with Gasteiger partial charge in [-0.05, 0) is 42.4 Å². The lowest BCUT2D eigenvalue weighted by Crippen LogP contribution is -2.33. The largest absolute Gasteiger partial charge is 0.417 e. The highest BCUT2D eigenvalue weighted by atomic mass is 19.4. The van der Waals surface area contributed by atoms with E-state index in [4.69, 9.17) is 0 Å². The molecule has 0 aliphatic carbocycles. The number of rotatable bonds is 6. The Morgan fingerprint density at radius 3 is 2.38 bits per heavy atom. The zero-order valence-corrected chi connectivity index (χ0v) is 17.3. The van der Waals surface area contributed by atoms with Crippen molar-refractivity contribution in [2.24, 2.45) is 0 Å². The standard InChI is InChI=1S/C25H22F4N2O/c1-30-14-23(32)24(16-7-6-8-17(26)13-16)31-15-20(19-10-3-5-12-22(19)31)18-9-2-4-11-21(18)25(27,28)29/h2-13,15,23-24,30,32H,14H2,1H3/t23-,24?/m1/s1. The molecule has 0 saturated heterocycles. The molecule has 0 saturated carbocycles. The fourth-order valence-electron chi connectivity index (χ4n) is 4.19. The number of fused-ring (bicyclic) bond motifs is 1. The Balaban J connectivity index is 1.98. The molecule has 0 spiro atoms. The molecule has 0 fully saturated rings. The van der Waals surface area contributed by atoms with Gasteiger partial charge < -0.3 is 15.0 Å². The Kier molecular flexibility index (Phi) is 6.04. The minimum atomic E-state index is -4.52. The summed E-state index contributed by atoms with van der Waals surface area (Å²) in [6, 6.07) is 17.7. The quantitative estimate of drug-likeness (QED) is 0.380. The molecular weight excluding hydrogens is 420 g/mol. The van der Waals surface area contributed by atoms with Crippen LogP contribution in [0.2, 0.25) is 0 Å². The highest BCUT2D eigenvalue weighted by Gasteiger charge is 2.34. The van der Waals surface area contributed by atoms with Crippen molar-refractivity contribution in [1.29, 1.82) is 0 Å². The highest BCUT2D eigenvalue weighted by molar-refractivity contribution is 5.97. The van der Waals surface area contributed by atoms with E-state index < -0.39 is 29.7 Å². The summed E-state index contributed by atoms with van der Waals surface area (Å²) in [6.07, 6.45) is -3.86. The van der Waals surface area contributed by atoms with E-state index >= 15 is 0 Å². The lowest BCUT2D eigenvalue weighted by molar-refractivity contribution is -0.137. The molecule has 7 heteroatoms. The molecule has 0 radical (unpaired) electrons. The van der Waals surface area contributed by atoms with E-state index in [9.17, 15) is 22.7 Å². The van der Waals surface area contributed by atoms with Crippen molar-refractivity contribution in [2.45, 2.75) is 18.3 Å². The summed E-state index contributed by atoms with van der Waals surface area (Å²) >= 11 is 0. The number of para-hydroxylation sites is 1. The molecule has 32 heavy (non-hydrogen) atoms. The van der Waals surface area contributed by atoms with Crippen LogP contribution in [0.4, 0.5) is 17.6 Å². The van der Waals surface area contributed by atoms with Crippen molar-refractivity contribution < 1.29 is 22.7 Å². The van der Waals surface area contributed by atoms with E-state index in [0.717, 1.165) is 6.07 Å². The van der Waals surface area contributed by atoms with E-state index in [1.165, 1.54) is 24.3 Å². The molecule has 3 aromatic carbocycles. The summed E-state index contributed by atoms with van der Waals surface area (Å²) in [5.41, 5.74) is 0.872. The van der Waals surface area contributed by atoms with Gasteiger partial charge in [0.2, 0.25) is 0 Å².